The Kier molecular flexibility index (Phi) is 5.23. The Morgan fingerprint density at radius 3 is 2.24 bits per heavy atom. The van der Waals surface area contributed by atoms with Crippen LogP contribution in [0.1, 0.15) is 22.3 Å². The average molecular weight is 285 g/mol. The van der Waals surface area contributed by atoms with Gasteiger partial charge in [-0.2, -0.15) is 0 Å². The summed E-state index contributed by atoms with van der Waals surface area (Å²) in [7, 11) is 1.66. The van der Waals surface area contributed by atoms with Gasteiger partial charge in [0.2, 0.25) is 0 Å². The first kappa shape index (κ1) is 15.4. The van der Waals surface area contributed by atoms with E-state index >= 15 is 0 Å². The first-order valence-corrected chi connectivity index (χ1v) is 7.19. The van der Waals surface area contributed by atoms with Gasteiger partial charge in [-0.05, 0) is 50.1 Å². The predicted molar refractivity (Wildman–Crippen MR) is 86.0 cm³/mol. The maximum Gasteiger partial charge on any atom is 0.161 e. The Labute approximate surface area is 126 Å². The molecule has 2 rings (SSSR count). The minimum absolute atomic E-state index is 0.537. The fraction of sp³-hybridized carbons (Fsp3) is 0.333. The second kappa shape index (κ2) is 7.14. The van der Waals surface area contributed by atoms with Gasteiger partial charge in [0.1, 0.15) is 6.61 Å². The third-order valence-corrected chi connectivity index (χ3v) is 3.34. The monoisotopic (exact) mass is 285 g/mol. The van der Waals surface area contributed by atoms with E-state index in [0.29, 0.717) is 13.2 Å². The second-order valence-electron chi connectivity index (χ2n) is 5.31. The highest BCUT2D eigenvalue weighted by Crippen LogP contribution is 2.29. The summed E-state index contributed by atoms with van der Waals surface area (Å²) in [6.45, 7) is 5.36. The highest BCUT2D eigenvalue weighted by atomic mass is 16.5. The molecule has 3 heteroatoms. The van der Waals surface area contributed by atoms with Crippen molar-refractivity contribution in [2.75, 3.05) is 13.7 Å². The molecule has 2 N–H and O–H groups in total. The summed E-state index contributed by atoms with van der Waals surface area (Å²) in [5.74, 6) is 1.52. The molecule has 3 nitrogen and oxygen atoms in total. The smallest absolute Gasteiger partial charge is 0.161 e. The number of nitrogens with two attached hydrogens (primary N) is 1. The molecule has 0 unspecified atom stereocenters. The Bertz CT molecular complexity index is 588. The van der Waals surface area contributed by atoms with Crippen LogP contribution in [0, 0.1) is 13.8 Å². The third-order valence-electron chi connectivity index (χ3n) is 3.34. The van der Waals surface area contributed by atoms with Gasteiger partial charge in [-0.3, -0.25) is 0 Å². The highest BCUT2D eigenvalue weighted by Gasteiger charge is 2.06. The zero-order valence-corrected chi connectivity index (χ0v) is 13.0. The summed E-state index contributed by atoms with van der Waals surface area (Å²) >= 11 is 0. The quantitative estimate of drug-likeness (QED) is 0.884. The molecule has 0 bridgehead atoms. The van der Waals surface area contributed by atoms with Crippen LogP contribution in [0.15, 0.2) is 36.4 Å². The topological polar surface area (TPSA) is 44.5 Å². The molecule has 0 radical (unpaired) electrons. The van der Waals surface area contributed by atoms with Crippen molar-refractivity contribution in [1.29, 1.82) is 0 Å². The molecule has 21 heavy (non-hydrogen) atoms. The molecular formula is C18H23NO2. The molecule has 2 aromatic rings. The molecule has 0 saturated carbocycles. The summed E-state index contributed by atoms with van der Waals surface area (Å²) in [5, 5.41) is 0. The number of methoxy groups -OCH3 is 1. The molecule has 0 aliphatic carbocycles. The fourth-order valence-electron chi connectivity index (χ4n) is 2.47. The zero-order valence-electron chi connectivity index (χ0n) is 13.0. The first-order chi connectivity index (χ1) is 10.1. The van der Waals surface area contributed by atoms with E-state index in [2.05, 4.69) is 32.0 Å². The summed E-state index contributed by atoms with van der Waals surface area (Å²) in [5.41, 5.74) is 10.4. The molecule has 0 atom stereocenters. The third kappa shape index (κ3) is 4.23. The number of hydrogen-bond donors (Lipinski definition) is 1. The van der Waals surface area contributed by atoms with Gasteiger partial charge in [0.25, 0.3) is 0 Å². The van der Waals surface area contributed by atoms with Crippen molar-refractivity contribution in [3.8, 4) is 11.5 Å². The number of aryl methyl sites for hydroxylation is 2. The minimum Gasteiger partial charge on any atom is -0.493 e. The lowest BCUT2D eigenvalue weighted by atomic mass is 10.1. The number of rotatable bonds is 6. The van der Waals surface area contributed by atoms with Gasteiger partial charge in [0.05, 0.1) is 7.11 Å². The van der Waals surface area contributed by atoms with E-state index in [0.717, 1.165) is 23.5 Å². The van der Waals surface area contributed by atoms with E-state index in [1.165, 1.54) is 16.7 Å². The second-order valence-corrected chi connectivity index (χ2v) is 5.31. The highest BCUT2D eigenvalue weighted by molar-refractivity contribution is 5.43. The molecule has 0 heterocycles. The van der Waals surface area contributed by atoms with Crippen LogP contribution >= 0.6 is 0 Å². The van der Waals surface area contributed by atoms with Gasteiger partial charge in [-0.25, -0.2) is 0 Å². The van der Waals surface area contributed by atoms with Crippen molar-refractivity contribution in [3.63, 3.8) is 0 Å². The van der Waals surface area contributed by atoms with Crippen LogP contribution in [0.3, 0.4) is 0 Å². The molecule has 112 valence electrons. The van der Waals surface area contributed by atoms with E-state index in [1.807, 2.05) is 18.2 Å². The van der Waals surface area contributed by atoms with Crippen LogP contribution in [0.25, 0.3) is 0 Å². The van der Waals surface area contributed by atoms with Gasteiger partial charge >= 0.3 is 0 Å². The maximum atomic E-state index is 5.90. The molecule has 0 amide bonds. The van der Waals surface area contributed by atoms with Gasteiger partial charge in [0.15, 0.2) is 11.5 Å². The summed E-state index contributed by atoms with van der Waals surface area (Å²) in [4.78, 5) is 0. The van der Waals surface area contributed by atoms with Crippen LogP contribution in [0.4, 0.5) is 0 Å². The Morgan fingerprint density at radius 2 is 1.62 bits per heavy atom. The molecule has 0 aliphatic heterocycles. The first-order valence-electron chi connectivity index (χ1n) is 7.19. The summed E-state index contributed by atoms with van der Waals surface area (Å²) < 4.78 is 11.3. The fourth-order valence-corrected chi connectivity index (χ4v) is 2.47. The Balaban J connectivity index is 2.12. The lowest BCUT2D eigenvalue weighted by Crippen LogP contribution is -2.03. The van der Waals surface area contributed by atoms with Crippen LogP contribution < -0.4 is 15.2 Å². The lowest BCUT2D eigenvalue weighted by Gasteiger charge is -2.13. The van der Waals surface area contributed by atoms with Gasteiger partial charge in [-0.15, -0.1) is 0 Å². The van der Waals surface area contributed by atoms with E-state index in [9.17, 15) is 0 Å². The molecule has 0 aromatic heterocycles. The van der Waals surface area contributed by atoms with E-state index in [-0.39, 0.29) is 0 Å². The Morgan fingerprint density at radius 1 is 0.905 bits per heavy atom. The molecule has 0 spiro atoms. The van der Waals surface area contributed by atoms with Crippen molar-refractivity contribution < 1.29 is 9.47 Å². The molecule has 0 fully saturated rings. The van der Waals surface area contributed by atoms with Crippen molar-refractivity contribution in [2.24, 2.45) is 5.73 Å². The van der Waals surface area contributed by atoms with Gasteiger partial charge in [0, 0.05) is 0 Å². The standard InChI is InChI=1S/C18H23NO2/c1-13-8-14(2)10-16(9-13)12-21-17-5-4-15(6-7-19)11-18(17)20-3/h4-5,8-11H,6-7,12,19H2,1-3H3. The number of ether oxygens (including phenoxy) is 2. The predicted octanol–water partition coefficient (Wildman–Crippen LogP) is 3.39. The van der Waals surface area contributed by atoms with E-state index in [4.69, 9.17) is 15.2 Å². The maximum absolute atomic E-state index is 5.90. The molecule has 0 saturated heterocycles. The lowest BCUT2D eigenvalue weighted by molar-refractivity contribution is 0.284. The molecule has 0 aliphatic rings. The SMILES string of the molecule is COc1cc(CCN)ccc1OCc1cc(C)cc(C)c1. The molecular weight excluding hydrogens is 262 g/mol. The molecule has 2 aromatic carbocycles. The van der Waals surface area contributed by atoms with Crippen LogP contribution in [0.5, 0.6) is 11.5 Å². The van der Waals surface area contributed by atoms with Crippen molar-refractivity contribution >= 4 is 0 Å². The van der Waals surface area contributed by atoms with Gasteiger partial charge < -0.3 is 15.2 Å². The summed E-state index contributed by atoms with van der Waals surface area (Å²) in [6.07, 6.45) is 0.841. The van der Waals surface area contributed by atoms with Crippen molar-refractivity contribution in [2.45, 2.75) is 26.9 Å². The van der Waals surface area contributed by atoms with Crippen LogP contribution in [-0.2, 0) is 13.0 Å². The van der Waals surface area contributed by atoms with Gasteiger partial charge in [-0.1, -0.05) is 35.4 Å². The number of benzene rings is 2. The summed E-state index contributed by atoms with van der Waals surface area (Å²) in [6, 6.07) is 12.4. The van der Waals surface area contributed by atoms with Crippen molar-refractivity contribution in [1.82, 2.24) is 0 Å². The van der Waals surface area contributed by atoms with Crippen LogP contribution in [-0.4, -0.2) is 13.7 Å². The van der Waals surface area contributed by atoms with E-state index < -0.39 is 0 Å². The average Bonchev–Trinajstić information content (AvgIpc) is 2.45. The number of hydrogen-bond acceptors (Lipinski definition) is 3. The normalized spacial score (nSPS) is 10.5. The minimum atomic E-state index is 0.537. The van der Waals surface area contributed by atoms with Crippen molar-refractivity contribution in [3.05, 3.63) is 58.7 Å². The largest absolute Gasteiger partial charge is 0.493 e. The van der Waals surface area contributed by atoms with Crippen LogP contribution in [0.2, 0.25) is 0 Å². The Hall–Kier alpha value is -2.00. The zero-order chi connectivity index (χ0) is 15.2. The van der Waals surface area contributed by atoms with E-state index in [1.54, 1.807) is 7.11 Å².